The molecule has 1 heterocycles. The molecular weight excluding hydrogens is 201 g/mol. The van der Waals surface area contributed by atoms with Gasteiger partial charge in [0.05, 0.1) is 12.4 Å². The molecule has 0 aliphatic heterocycles. The quantitative estimate of drug-likeness (QED) is 0.712. The zero-order valence-electron chi connectivity index (χ0n) is 7.85. The summed E-state index contributed by atoms with van der Waals surface area (Å²) in [6.07, 6.45) is 3.62. The van der Waals surface area contributed by atoms with Crippen molar-refractivity contribution in [3.05, 3.63) is 30.9 Å². The fourth-order valence-electron chi connectivity index (χ4n) is 0.931. The number of aromatic nitrogens is 2. The zero-order chi connectivity index (χ0) is 11.3. The molecule has 1 atom stereocenters. The van der Waals surface area contributed by atoms with E-state index in [1.54, 1.807) is 0 Å². The SMILES string of the molecule is C=CCC(Nc1ncc(F)cn1)C(=O)O. The number of carboxylic acid groups (broad SMARTS) is 1. The fraction of sp³-hybridized carbons (Fsp3) is 0.222. The summed E-state index contributed by atoms with van der Waals surface area (Å²) in [6, 6.07) is -0.854. The first-order valence-corrected chi connectivity index (χ1v) is 4.21. The van der Waals surface area contributed by atoms with E-state index in [0.717, 1.165) is 12.4 Å². The molecule has 0 bridgehead atoms. The number of carboxylic acids is 1. The maximum Gasteiger partial charge on any atom is 0.326 e. The lowest BCUT2D eigenvalue weighted by atomic mass is 10.2. The normalized spacial score (nSPS) is 11.8. The van der Waals surface area contributed by atoms with Crippen molar-refractivity contribution >= 4 is 11.9 Å². The van der Waals surface area contributed by atoms with Crippen LogP contribution in [0.5, 0.6) is 0 Å². The Kier molecular flexibility index (Phi) is 3.73. The van der Waals surface area contributed by atoms with E-state index in [2.05, 4.69) is 21.9 Å². The molecule has 0 aliphatic carbocycles. The van der Waals surface area contributed by atoms with Gasteiger partial charge in [-0.3, -0.25) is 0 Å². The first kappa shape index (κ1) is 11.1. The molecule has 0 radical (unpaired) electrons. The predicted molar refractivity (Wildman–Crippen MR) is 51.9 cm³/mol. The van der Waals surface area contributed by atoms with Gasteiger partial charge in [-0.2, -0.15) is 0 Å². The molecule has 15 heavy (non-hydrogen) atoms. The molecule has 0 aromatic carbocycles. The standard InChI is InChI=1S/C9H10FN3O2/c1-2-3-7(8(14)15)13-9-11-4-6(10)5-12-9/h2,4-5,7H,1,3H2,(H,14,15)(H,11,12,13). The van der Waals surface area contributed by atoms with Crippen molar-refractivity contribution in [3.8, 4) is 0 Å². The molecule has 2 N–H and O–H groups in total. The van der Waals surface area contributed by atoms with Crippen molar-refractivity contribution in [3.63, 3.8) is 0 Å². The Bertz CT molecular complexity index is 353. The Labute approximate surface area is 85.7 Å². The number of hydrogen-bond acceptors (Lipinski definition) is 4. The highest BCUT2D eigenvalue weighted by Crippen LogP contribution is 2.04. The second-order valence-corrected chi connectivity index (χ2v) is 2.78. The summed E-state index contributed by atoms with van der Waals surface area (Å²) in [5.41, 5.74) is 0. The highest BCUT2D eigenvalue weighted by Gasteiger charge is 2.16. The van der Waals surface area contributed by atoms with Crippen LogP contribution in [0.4, 0.5) is 10.3 Å². The number of anilines is 1. The molecule has 0 amide bonds. The predicted octanol–water partition coefficient (Wildman–Crippen LogP) is 1.06. The third kappa shape index (κ3) is 3.34. The number of aliphatic carboxylic acids is 1. The first-order chi connectivity index (χ1) is 7.13. The van der Waals surface area contributed by atoms with E-state index >= 15 is 0 Å². The molecule has 1 aromatic heterocycles. The largest absolute Gasteiger partial charge is 0.480 e. The van der Waals surface area contributed by atoms with Crippen LogP contribution >= 0.6 is 0 Å². The van der Waals surface area contributed by atoms with E-state index in [-0.39, 0.29) is 12.4 Å². The molecule has 1 rings (SSSR count). The van der Waals surface area contributed by atoms with Crippen LogP contribution in [0.1, 0.15) is 6.42 Å². The van der Waals surface area contributed by atoms with Crippen LogP contribution in [0.25, 0.3) is 0 Å². The molecule has 0 saturated carbocycles. The molecule has 0 aliphatic rings. The summed E-state index contributed by atoms with van der Waals surface area (Å²) >= 11 is 0. The van der Waals surface area contributed by atoms with Crippen LogP contribution in [0.3, 0.4) is 0 Å². The van der Waals surface area contributed by atoms with Crippen LogP contribution in [-0.2, 0) is 4.79 Å². The Morgan fingerprint density at radius 1 is 1.67 bits per heavy atom. The number of rotatable bonds is 5. The van der Waals surface area contributed by atoms with Gasteiger partial charge in [0.25, 0.3) is 0 Å². The summed E-state index contributed by atoms with van der Waals surface area (Å²) in [7, 11) is 0. The van der Waals surface area contributed by atoms with Crippen LogP contribution < -0.4 is 5.32 Å². The topological polar surface area (TPSA) is 75.1 Å². The Morgan fingerprint density at radius 2 is 2.27 bits per heavy atom. The first-order valence-electron chi connectivity index (χ1n) is 4.21. The van der Waals surface area contributed by atoms with Crippen molar-refractivity contribution in [2.45, 2.75) is 12.5 Å². The summed E-state index contributed by atoms with van der Waals surface area (Å²) in [6.45, 7) is 3.43. The van der Waals surface area contributed by atoms with E-state index in [9.17, 15) is 9.18 Å². The monoisotopic (exact) mass is 211 g/mol. The molecule has 5 nitrogen and oxygen atoms in total. The van der Waals surface area contributed by atoms with E-state index < -0.39 is 17.8 Å². The lowest BCUT2D eigenvalue weighted by Crippen LogP contribution is -2.29. The number of halogens is 1. The van der Waals surface area contributed by atoms with Gasteiger partial charge in [-0.25, -0.2) is 19.2 Å². The van der Waals surface area contributed by atoms with Gasteiger partial charge in [0.2, 0.25) is 5.95 Å². The Balaban J connectivity index is 2.69. The summed E-state index contributed by atoms with van der Waals surface area (Å²) in [4.78, 5) is 17.9. The van der Waals surface area contributed by atoms with Crippen molar-refractivity contribution < 1.29 is 14.3 Å². The second kappa shape index (κ2) is 5.04. The molecule has 1 unspecified atom stereocenters. The van der Waals surface area contributed by atoms with Gasteiger partial charge in [0.1, 0.15) is 6.04 Å². The number of nitrogens with zero attached hydrogens (tertiary/aromatic N) is 2. The lowest BCUT2D eigenvalue weighted by molar-refractivity contribution is -0.137. The third-order valence-corrected chi connectivity index (χ3v) is 1.62. The average Bonchev–Trinajstić information content (AvgIpc) is 2.20. The van der Waals surface area contributed by atoms with Crippen molar-refractivity contribution in [2.75, 3.05) is 5.32 Å². The van der Waals surface area contributed by atoms with E-state index in [0.29, 0.717) is 0 Å². The second-order valence-electron chi connectivity index (χ2n) is 2.78. The fourth-order valence-corrected chi connectivity index (χ4v) is 0.931. The maximum absolute atomic E-state index is 12.4. The minimum Gasteiger partial charge on any atom is -0.480 e. The molecule has 6 heteroatoms. The molecule has 0 saturated heterocycles. The zero-order valence-corrected chi connectivity index (χ0v) is 7.85. The minimum atomic E-state index is -1.04. The highest BCUT2D eigenvalue weighted by atomic mass is 19.1. The molecule has 0 fully saturated rings. The Morgan fingerprint density at radius 3 is 2.73 bits per heavy atom. The molecule has 1 aromatic rings. The summed E-state index contributed by atoms with van der Waals surface area (Å²) in [5, 5.41) is 11.3. The Hall–Kier alpha value is -1.98. The van der Waals surface area contributed by atoms with Crippen molar-refractivity contribution in [1.82, 2.24) is 9.97 Å². The summed E-state index contributed by atoms with van der Waals surface area (Å²) < 4.78 is 12.4. The van der Waals surface area contributed by atoms with Gasteiger partial charge in [0.15, 0.2) is 5.82 Å². The van der Waals surface area contributed by atoms with Crippen molar-refractivity contribution in [2.24, 2.45) is 0 Å². The van der Waals surface area contributed by atoms with Gasteiger partial charge in [-0.05, 0) is 6.42 Å². The van der Waals surface area contributed by atoms with Gasteiger partial charge < -0.3 is 10.4 Å². The van der Waals surface area contributed by atoms with Crippen LogP contribution in [0, 0.1) is 5.82 Å². The van der Waals surface area contributed by atoms with Gasteiger partial charge >= 0.3 is 5.97 Å². The van der Waals surface area contributed by atoms with Gasteiger partial charge in [0, 0.05) is 0 Å². The maximum atomic E-state index is 12.4. The number of carbonyl (C=O) groups is 1. The third-order valence-electron chi connectivity index (χ3n) is 1.62. The molecular formula is C9H10FN3O2. The molecule has 80 valence electrons. The lowest BCUT2D eigenvalue weighted by Gasteiger charge is -2.11. The van der Waals surface area contributed by atoms with Crippen LogP contribution in [-0.4, -0.2) is 27.1 Å². The van der Waals surface area contributed by atoms with Crippen LogP contribution in [0.2, 0.25) is 0 Å². The minimum absolute atomic E-state index is 0.0747. The average molecular weight is 211 g/mol. The van der Waals surface area contributed by atoms with Crippen molar-refractivity contribution in [1.29, 1.82) is 0 Å². The highest BCUT2D eigenvalue weighted by molar-refractivity contribution is 5.76. The van der Waals surface area contributed by atoms with Gasteiger partial charge in [-0.1, -0.05) is 6.08 Å². The number of nitrogens with one attached hydrogen (secondary N) is 1. The van der Waals surface area contributed by atoms with E-state index in [4.69, 9.17) is 5.11 Å². The van der Waals surface area contributed by atoms with Crippen LogP contribution in [0.15, 0.2) is 25.0 Å². The molecule has 0 spiro atoms. The smallest absolute Gasteiger partial charge is 0.326 e. The van der Waals surface area contributed by atoms with E-state index in [1.165, 1.54) is 6.08 Å². The van der Waals surface area contributed by atoms with E-state index in [1.807, 2.05) is 0 Å². The number of hydrogen-bond donors (Lipinski definition) is 2. The summed E-state index contributed by atoms with van der Waals surface area (Å²) in [5.74, 6) is -1.54. The van der Waals surface area contributed by atoms with Gasteiger partial charge in [-0.15, -0.1) is 6.58 Å².